The normalized spacial score (nSPS) is 12.3. The fraction of sp³-hybridized carbons (Fsp3) is 0.533. The maximum atomic E-state index is 13.1. The fourth-order valence-electron chi connectivity index (χ4n) is 1.88. The maximum Gasteiger partial charge on any atom is 0.416 e. The summed E-state index contributed by atoms with van der Waals surface area (Å²) in [7, 11) is 0. The molecule has 8 heteroatoms. The molecule has 1 rings (SSSR count). The SMILES string of the molecule is CCNC(=NCc1ccc(F)cc1C(F)(F)F)NCCCSC. The largest absolute Gasteiger partial charge is 0.416 e. The molecule has 0 aliphatic rings. The van der Waals surface area contributed by atoms with Gasteiger partial charge in [-0.25, -0.2) is 9.38 Å². The molecule has 0 saturated carbocycles. The second-order valence-electron chi connectivity index (χ2n) is 4.77. The molecule has 0 aliphatic heterocycles. The van der Waals surface area contributed by atoms with Crippen molar-refractivity contribution in [2.24, 2.45) is 4.99 Å². The zero-order valence-electron chi connectivity index (χ0n) is 13.1. The van der Waals surface area contributed by atoms with Gasteiger partial charge in [-0.3, -0.25) is 0 Å². The maximum absolute atomic E-state index is 13.1. The first-order valence-corrected chi connectivity index (χ1v) is 8.64. The molecular weight excluding hydrogens is 330 g/mol. The minimum atomic E-state index is -4.60. The molecule has 23 heavy (non-hydrogen) atoms. The van der Waals surface area contributed by atoms with E-state index in [4.69, 9.17) is 0 Å². The van der Waals surface area contributed by atoms with Crippen LogP contribution in [0, 0.1) is 5.82 Å². The summed E-state index contributed by atoms with van der Waals surface area (Å²) < 4.78 is 51.9. The minimum absolute atomic E-state index is 0.0554. The van der Waals surface area contributed by atoms with E-state index >= 15 is 0 Å². The van der Waals surface area contributed by atoms with Gasteiger partial charge in [0.1, 0.15) is 5.82 Å². The molecule has 0 bridgehead atoms. The highest BCUT2D eigenvalue weighted by molar-refractivity contribution is 7.98. The number of benzene rings is 1. The summed E-state index contributed by atoms with van der Waals surface area (Å²) in [5.74, 6) is 0.529. The van der Waals surface area contributed by atoms with E-state index in [0.717, 1.165) is 24.3 Å². The summed E-state index contributed by atoms with van der Waals surface area (Å²) in [4.78, 5) is 4.15. The standard InChI is InChI=1S/C15H21F4N3S/c1-3-20-14(21-7-4-8-23-2)22-10-11-5-6-12(16)9-13(11)15(17,18)19/h5-6,9H,3-4,7-8,10H2,1-2H3,(H2,20,21,22). The average molecular weight is 351 g/mol. The lowest BCUT2D eigenvalue weighted by atomic mass is 10.1. The van der Waals surface area contributed by atoms with E-state index < -0.39 is 17.6 Å². The number of halogens is 4. The van der Waals surface area contributed by atoms with E-state index in [9.17, 15) is 17.6 Å². The molecule has 0 heterocycles. The Balaban J connectivity index is 2.82. The molecule has 0 unspecified atom stereocenters. The van der Waals surface area contributed by atoms with Gasteiger partial charge in [-0.1, -0.05) is 6.07 Å². The van der Waals surface area contributed by atoms with Crippen LogP contribution in [0.4, 0.5) is 17.6 Å². The van der Waals surface area contributed by atoms with Gasteiger partial charge in [0.15, 0.2) is 5.96 Å². The summed E-state index contributed by atoms with van der Waals surface area (Å²) in [6.45, 7) is 2.98. The third kappa shape index (κ3) is 7.11. The zero-order chi connectivity index (χ0) is 17.3. The lowest BCUT2D eigenvalue weighted by Gasteiger charge is -2.14. The summed E-state index contributed by atoms with van der Waals surface area (Å²) in [6.07, 6.45) is -1.67. The Hall–Kier alpha value is -1.44. The number of thioether (sulfide) groups is 1. The molecule has 130 valence electrons. The van der Waals surface area contributed by atoms with Gasteiger partial charge < -0.3 is 10.6 Å². The third-order valence-corrected chi connectivity index (χ3v) is 3.64. The number of rotatable bonds is 7. The Morgan fingerprint density at radius 3 is 2.61 bits per heavy atom. The number of nitrogens with zero attached hydrogens (tertiary/aromatic N) is 1. The van der Waals surface area contributed by atoms with Crippen molar-refractivity contribution in [3.8, 4) is 0 Å². The number of hydrogen-bond acceptors (Lipinski definition) is 2. The summed E-state index contributed by atoms with van der Waals surface area (Å²) in [5.41, 5.74) is -1.04. The predicted molar refractivity (Wildman–Crippen MR) is 87.2 cm³/mol. The molecule has 3 nitrogen and oxygen atoms in total. The van der Waals surface area contributed by atoms with Crippen molar-refractivity contribution in [2.75, 3.05) is 25.1 Å². The van der Waals surface area contributed by atoms with E-state index in [2.05, 4.69) is 15.6 Å². The average Bonchev–Trinajstić information content (AvgIpc) is 2.49. The second-order valence-corrected chi connectivity index (χ2v) is 5.75. The van der Waals surface area contributed by atoms with Gasteiger partial charge in [0.05, 0.1) is 12.1 Å². The molecule has 0 aliphatic carbocycles. The van der Waals surface area contributed by atoms with E-state index in [1.54, 1.807) is 11.8 Å². The number of guanidine groups is 1. The van der Waals surface area contributed by atoms with Crippen molar-refractivity contribution in [2.45, 2.75) is 26.1 Å². The first-order chi connectivity index (χ1) is 10.9. The Labute approximate surface area is 137 Å². The number of hydrogen-bond donors (Lipinski definition) is 2. The van der Waals surface area contributed by atoms with E-state index in [0.29, 0.717) is 25.1 Å². The molecule has 0 atom stereocenters. The first-order valence-electron chi connectivity index (χ1n) is 7.25. The van der Waals surface area contributed by atoms with Crippen LogP contribution in [0.3, 0.4) is 0 Å². The molecule has 0 fully saturated rings. The number of nitrogens with one attached hydrogen (secondary N) is 2. The lowest BCUT2D eigenvalue weighted by molar-refractivity contribution is -0.138. The molecule has 0 saturated heterocycles. The van der Waals surface area contributed by atoms with Crippen LogP contribution in [0.1, 0.15) is 24.5 Å². The molecule has 0 amide bonds. The molecule has 0 radical (unpaired) electrons. The third-order valence-electron chi connectivity index (χ3n) is 2.95. The van der Waals surface area contributed by atoms with Crippen molar-refractivity contribution in [1.29, 1.82) is 0 Å². The molecule has 1 aromatic carbocycles. The highest BCUT2D eigenvalue weighted by Crippen LogP contribution is 2.32. The van der Waals surface area contributed by atoms with Gasteiger partial charge in [-0.15, -0.1) is 0 Å². The van der Waals surface area contributed by atoms with Crippen molar-refractivity contribution >= 4 is 17.7 Å². The highest BCUT2D eigenvalue weighted by atomic mass is 32.2. The second kappa shape index (κ2) is 9.64. The molecule has 0 spiro atoms. The van der Waals surface area contributed by atoms with Crippen LogP contribution in [0.15, 0.2) is 23.2 Å². The number of alkyl halides is 3. The highest BCUT2D eigenvalue weighted by Gasteiger charge is 2.33. The van der Waals surface area contributed by atoms with Crippen LogP contribution in [0.2, 0.25) is 0 Å². The lowest BCUT2D eigenvalue weighted by Crippen LogP contribution is -2.37. The van der Waals surface area contributed by atoms with Crippen molar-refractivity contribution in [3.63, 3.8) is 0 Å². The monoisotopic (exact) mass is 351 g/mol. The summed E-state index contributed by atoms with van der Waals surface area (Å²) >= 11 is 1.72. The quantitative estimate of drug-likeness (QED) is 0.341. The topological polar surface area (TPSA) is 36.4 Å². The fourth-order valence-corrected chi connectivity index (χ4v) is 2.31. The Kier molecular flexibility index (Phi) is 8.22. The van der Waals surface area contributed by atoms with Crippen molar-refractivity contribution in [3.05, 3.63) is 35.1 Å². The Bertz CT molecular complexity index is 518. The van der Waals surface area contributed by atoms with Crippen LogP contribution in [0.5, 0.6) is 0 Å². The molecule has 1 aromatic rings. The van der Waals surface area contributed by atoms with E-state index in [1.807, 2.05) is 13.2 Å². The minimum Gasteiger partial charge on any atom is -0.357 e. The summed E-state index contributed by atoms with van der Waals surface area (Å²) in [5, 5.41) is 6.04. The Morgan fingerprint density at radius 2 is 2.00 bits per heavy atom. The smallest absolute Gasteiger partial charge is 0.357 e. The van der Waals surface area contributed by atoms with E-state index in [1.165, 1.54) is 0 Å². The van der Waals surface area contributed by atoms with Crippen molar-refractivity contribution < 1.29 is 17.6 Å². The van der Waals surface area contributed by atoms with Gasteiger partial charge in [0.25, 0.3) is 0 Å². The van der Waals surface area contributed by atoms with Crippen LogP contribution >= 0.6 is 11.8 Å². The zero-order valence-corrected chi connectivity index (χ0v) is 14.0. The van der Waals surface area contributed by atoms with E-state index in [-0.39, 0.29) is 12.1 Å². The summed E-state index contributed by atoms with van der Waals surface area (Å²) in [6, 6.07) is 2.64. The van der Waals surface area contributed by atoms with Crippen LogP contribution in [0.25, 0.3) is 0 Å². The van der Waals surface area contributed by atoms with Crippen molar-refractivity contribution in [1.82, 2.24) is 10.6 Å². The molecular formula is C15H21F4N3S. The predicted octanol–water partition coefficient (Wildman–Crippen LogP) is 3.65. The van der Waals surface area contributed by atoms with Gasteiger partial charge in [0, 0.05) is 13.1 Å². The Morgan fingerprint density at radius 1 is 1.26 bits per heavy atom. The van der Waals surface area contributed by atoms with Crippen LogP contribution in [-0.2, 0) is 12.7 Å². The molecule has 0 aromatic heterocycles. The van der Waals surface area contributed by atoms with Crippen LogP contribution in [-0.4, -0.2) is 31.1 Å². The first kappa shape index (κ1) is 19.6. The van der Waals surface area contributed by atoms with Gasteiger partial charge >= 0.3 is 6.18 Å². The van der Waals surface area contributed by atoms with Gasteiger partial charge in [-0.2, -0.15) is 24.9 Å². The van der Waals surface area contributed by atoms with Crippen LogP contribution < -0.4 is 10.6 Å². The van der Waals surface area contributed by atoms with Gasteiger partial charge in [-0.05, 0) is 43.0 Å². The van der Waals surface area contributed by atoms with Gasteiger partial charge in [0.2, 0.25) is 0 Å². The number of aliphatic imine (C=N–C) groups is 1. The molecule has 2 N–H and O–H groups in total.